The molecule has 0 aliphatic carbocycles. The first-order valence-corrected chi connectivity index (χ1v) is 6.54. The van der Waals surface area contributed by atoms with Crippen LogP contribution in [-0.4, -0.2) is 22.2 Å². The maximum absolute atomic E-state index is 11.9. The van der Waals surface area contributed by atoms with Gasteiger partial charge in [-0.05, 0) is 18.1 Å². The lowest BCUT2D eigenvalue weighted by Gasteiger charge is -2.32. The molecule has 0 radical (unpaired) electrons. The van der Waals surface area contributed by atoms with E-state index in [-0.39, 0.29) is 0 Å². The highest BCUT2D eigenvalue weighted by Gasteiger charge is 2.47. The van der Waals surface area contributed by atoms with Crippen LogP contribution in [0.4, 0.5) is 0 Å². The topological polar surface area (TPSA) is 74.6 Å². The third-order valence-corrected chi connectivity index (χ3v) is 3.77. The Bertz CT molecular complexity index is 636. The fraction of sp³-hybridized carbons (Fsp3) is 0.176. The van der Waals surface area contributed by atoms with Gasteiger partial charge in [-0.3, -0.25) is 9.59 Å². The van der Waals surface area contributed by atoms with Crippen molar-refractivity contribution in [2.75, 3.05) is 0 Å². The third kappa shape index (κ3) is 2.65. The van der Waals surface area contributed by atoms with Gasteiger partial charge in [0.1, 0.15) is 11.3 Å². The van der Waals surface area contributed by atoms with Crippen molar-refractivity contribution in [3.05, 3.63) is 71.8 Å². The fourth-order valence-corrected chi connectivity index (χ4v) is 2.57. The molecule has 4 heteroatoms. The van der Waals surface area contributed by atoms with Crippen molar-refractivity contribution in [2.45, 2.75) is 18.3 Å². The van der Waals surface area contributed by atoms with Crippen LogP contribution in [0.2, 0.25) is 0 Å². The SMILES string of the molecule is CC(C(=O)O)(c1ccccc1)C(C(=O)O)c1ccccc1. The molecule has 0 saturated heterocycles. The van der Waals surface area contributed by atoms with Gasteiger partial charge < -0.3 is 10.2 Å². The standard InChI is InChI=1S/C17H16O4/c1-17(16(20)21,13-10-6-3-7-11-13)14(15(18)19)12-8-4-2-5-9-12/h2-11,14H,1H3,(H,18,19)(H,20,21). The lowest BCUT2D eigenvalue weighted by atomic mass is 9.69. The van der Waals surface area contributed by atoms with E-state index < -0.39 is 23.3 Å². The van der Waals surface area contributed by atoms with Crippen molar-refractivity contribution in [2.24, 2.45) is 0 Å². The van der Waals surface area contributed by atoms with Gasteiger partial charge >= 0.3 is 11.9 Å². The largest absolute Gasteiger partial charge is 0.481 e. The van der Waals surface area contributed by atoms with E-state index in [2.05, 4.69) is 0 Å². The zero-order valence-electron chi connectivity index (χ0n) is 11.6. The van der Waals surface area contributed by atoms with Crippen LogP contribution >= 0.6 is 0 Å². The van der Waals surface area contributed by atoms with E-state index in [9.17, 15) is 19.8 Å². The predicted molar refractivity (Wildman–Crippen MR) is 78.2 cm³/mol. The van der Waals surface area contributed by atoms with Crippen molar-refractivity contribution in [3.63, 3.8) is 0 Å². The number of hydrogen-bond acceptors (Lipinski definition) is 2. The molecule has 0 bridgehead atoms. The zero-order valence-corrected chi connectivity index (χ0v) is 11.6. The summed E-state index contributed by atoms with van der Waals surface area (Å²) in [6, 6.07) is 16.9. The quantitative estimate of drug-likeness (QED) is 0.885. The Balaban J connectivity index is 2.64. The first kappa shape index (κ1) is 14.8. The van der Waals surface area contributed by atoms with Crippen molar-refractivity contribution < 1.29 is 19.8 Å². The molecule has 2 aromatic carbocycles. The molecule has 0 amide bonds. The maximum Gasteiger partial charge on any atom is 0.315 e. The maximum atomic E-state index is 11.9. The first-order chi connectivity index (χ1) is 9.98. The molecule has 2 unspecified atom stereocenters. The van der Waals surface area contributed by atoms with Crippen LogP contribution in [0.5, 0.6) is 0 Å². The molecule has 0 aliphatic rings. The van der Waals surface area contributed by atoms with Crippen molar-refractivity contribution in [1.29, 1.82) is 0 Å². The van der Waals surface area contributed by atoms with Crippen LogP contribution < -0.4 is 0 Å². The third-order valence-electron chi connectivity index (χ3n) is 3.77. The van der Waals surface area contributed by atoms with Crippen LogP contribution in [-0.2, 0) is 15.0 Å². The monoisotopic (exact) mass is 284 g/mol. The summed E-state index contributed by atoms with van der Waals surface area (Å²) in [5, 5.41) is 19.3. The molecule has 2 atom stereocenters. The second-order valence-corrected chi connectivity index (χ2v) is 5.06. The number of carboxylic acid groups (broad SMARTS) is 2. The minimum atomic E-state index is -1.55. The molecule has 2 aromatic rings. The Labute approximate surface area is 122 Å². The predicted octanol–water partition coefficient (Wildman–Crippen LogP) is 2.90. The second-order valence-electron chi connectivity index (χ2n) is 5.06. The van der Waals surface area contributed by atoms with E-state index >= 15 is 0 Å². The summed E-state index contributed by atoms with van der Waals surface area (Å²) in [4.78, 5) is 23.6. The van der Waals surface area contributed by atoms with Gasteiger partial charge in [-0.2, -0.15) is 0 Å². The number of aliphatic carboxylic acids is 2. The second kappa shape index (κ2) is 5.79. The van der Waals surface area contributed by atoms with E-state index in [1.54, 1.807) is 60.7 Å². The van der Waals surface area contributed by atoms with E-state index in [0.29, 0.717) is 11.1 Å². The Morgan fingerprint density at radius 2 is 1.38 bits per heavy atom. The lowest BCUT2D eigenvalue weighted by Crippen LogP contribution is -2.42. The van der Waals surface area contributed by atoms with Crippen molar-refractivity contribution >= 4 is 11.9 Å². The van der Waals surface area contributed by atoms with Crippen LogP contribution in [0.15, 0.2) is 60.7 Å². The molecule has 108 valence electrons. The summed E-state index contributed by atoms with van der Waals surface area (Å²) < 4.78 is 0. The lowest BCUT2D eigenvalue weighted by molar-refractivity contribution is -0.151. The number of hydrogen-bond donors (Lipinski definition) is 2. The van der Waals surface area contributed by atoms with Crippen LogP contribution in [0, 0.1) is 0 Å². The molecule has 0 spiro atoms. The van der Waals surface area contributed by atoms with Crippen LogP contribution in [0.25, 0.3) is 0 Å². The van der Waals surface area contributed by atoms with Crippen molar-refractivity contribution in [3.8, 4) is 0 Å². The minimum absolute atomic E-state index is 0.466. The first-order valence-electron chi connectivity index (χ1n) is 6.54. The van der Waals surface area contributed by atoms with Gasteiger partial charge in [0.2, 0.25) is 0 Å². The van der Waals surface area contributed by atoms with Gasteiger partial charge in [0.25, 0.3) is 0 Å². The molecule has 21 heavy (non-hydrogen) atoms. The molecular weight excluding hydrogens is 268 g/mol. The van der Waals surface area contributed by atoms with Gasteiger partial charge in [-0.15, -0.1) is 0 Å². The molecule has 0 aliphatic heterocycles. The highest BCUT2D eigenvalue weighted by Crippen LogP contribution is 2.39. The molecule has 0 heterocycles. The van der Waals surface area contributed by atoms with Gasteiger partial charge in [0.05, 0.1) is 0 Å². The number of rotatable bonds is 5. The molecule has 0 saturated carbocycles. The summed E-state index contributed by atoms with van der Waals surface area (Å²) in [6.45, 7) is 1.45. The fourth-order valence-electron chi connectivity index (χ4n) is 2.57. The van der Waals surface area contributed by atoms with Crippen LogP contribution in [0.3, 0.4) is 0 Å². The molecule has 4 nitrogen and oxygen atoms in total. The van der Waals surface area contributed by atoms with E-state index in [0.717, 1.165) is 0 Å². The Hall–Kier alpha value is -2.62. The minimum Gasteiger partial charge on any atom is -0.481 e. The average molecular weight is 284 g/mol. The summed E-state index contributed by atoms with van der Waals surface area (Å²) in [5.41, 5.74) is -0.610. The summed E-state index contributed by atoms with van der Waals surface area (Å²) in [7, 11) is 0. The summed E-state index contributed by atoms with van der Waals surface area (Å²) in [6.07, 6.45) is 0. The molecule has 2 rings (SSSR count). The normalized spacial score (nSPS) is 14.9. The Morgan fingerprint density at radius 3 is 1.81 bits per heavy atom. The van der Waals surface area contributed by atoms with Gasteiger partial charge in [-0.1, -0.05) is 60.7 Å². The Morgan fingerprint density at radius 1 is 0.905 bits per heavy atom. The smallest absolute Gasteiger partial charge is 0.315 e. The van der Waals surface area contributed by atoms with Crippen molar-refractivity contribution in [1.82, 2.24) is 0 Å². The van der Waals surface area contributed by atoms with E-state index in [1.165, 1.54) is 6.92 Å². The van der Waals surface area contributed by atoms with Gasteiger partial charge in [0, 0.05) is 0 Å². The molecule has 0 aromatic heterocycles. The number of benzene rings is 2. The molecule has 2 N–H and O–H groups in total. The average Bonchev–Trinajstić information content (AvgIpc) is 2.48. The van der Waals surface area contributed by atoms with Gasteiger partial charge in [0.15, 0.2) is 0 Å². The molecular formula is C17H16O4. The van der Waals surface area contributed by atoms with Crippen LogP contribution in [0.1, 0.15) is 24.0 Å². The summed E-state index contributed by atoms with van der Waals surface area (Å²) in [5.74, 6) is -3.49. The van der Waals surface area contributed by atoms with E-state index in [4.69, 9.17) is 0 Å². The molecule has 0 fully saturated rings. The van der Waals surface area contributed by atoms with Gasteiger partial charge in [-0.25, -0.2) is 0 Å². The number of carbonyl (C=O) groups is 2. The zero-order chi connectivity index (χ0) is 15.5. The highest BCUT2D eigenvalue weighted by molar-refractivity contribution is 5.91. The number of carboxylic acids is 2. The Kier molecular flexibility index (Phi) is 4.08. The summed E-state index contributed by atoms with van der Waals surface area (Å²) >= 11 is 0. The van der Waals surface area contributed by atoms with E-state index in [1.807, 2.05) is 0 Å². The highest BCUT2D eigenvalue weighted by atomic mass is 16.4.